The molecular weight excluding hydrogens is 325 g/mol. The molecule has 0 saturated carbocycles. The second kappa shape index (κ2) is 8.22. The number of carbonyl (C=O) groups is 1. The zero-order valence-electron chi connectivity index (χ0n) is 12.4. The summed E-state index contributed by atoms with van der Waals surface area (Å²) in [5.41, 5.74) is 6.38. The SMILES string of the molecule is CC(C)[C@H](N)C(=O)Nc1ncc(Cc2ccccc2F)s1.Cl. The van der Waals surface area contributed by atoms with Crippen LogP contribution < -0.4 is 11.1 Å². The van der Waals surface area contributed by atoms with Gasteiger partial charge in [-0.05, 0) is 17.5 Å². The molecule has 0 unspecified atom stereocenters. The van der Waals surface area contributed by atoms with Gasteiger partial charge in [0.1, 0.15) is 5.82 Å². The van der Waals surface area contributed by atoms with E-state index in [2.05, 4.69) is 10.3 Å². The van der Waals surface area contributed by atoms with Gasteiger partial charge in [-0.3, -0.25) is 4.79 Å². The van der Waals surface area contributed by atoms with E-state index in [9.17, 15) is 9.18 Å². The van der Waals surface area contributed by atoms with Crippen LogP contribution in [0, 0.1) is 11.7 Å². The number of rotatable bonds is 5. The van der Waals surface area contributed by atoms with Crippen LogP contribution in [0.3, 0.4) is 0 Å². The Morgan fingerprint density at radius 1 is 1.41 bits per heavy atom. The summed E-state index contributed by atoms with van der Waals surface area (Å²) in [6.07, 6.45) is 2.10. The van der Waals surface area contributed by atoms with Gasteiger partial charge >= 0.3 is 0 Å². The predicted molar refractivity (Wildman–Crippen MR) is 90.0 cm³/mol. The van der Waals surface area contributed by atoms with Crippen LogP contribution in [0.1, 0.15) is 24.3 Å². The van der Waals surface area contributed by atoms with Crippen molar-refractivity contribution in [3.8, 4) is 0 Å². The number of thiazole rings is 1. The van der Waals surface area contributed by atoms with Crippen LogP contribution >= 0.6 is 23.7 Å². The third-order valence-corrected chi connectivity index (χ3v) is 4.04. The minimum Gasteiger partial charge on any atom is -0.320 e. The number of carbonyl (C=O) groups excluding carboxylic acids is 1. The molecule has 0 aliphatic rings. The lowest BCUT2D eigenvalue weighted by molar-refractivity contribution is -0.118. The first kappa shape index (κ1) is 18.5. The van der Waals surface area contributed by atoms with E-state index in [4.69, 9.17) is 5.73 Å². The van der Waals surface area contributed by atoms with Gasteiger partial charge in [0.05, 0.1) is 6.04 Å². The first-order chi connectivity index (χ1) is 9.97. The normalized spacial score (nSPS) is 11.9. The van der Waals surface area contributed by atoms with E-state index >= 15 is 0 Å². The van der Waals surface area contributed by atoms with Crippen molar-refractivity contribution >= 4 is 34.8 Å². The highest BCUT2D eigenvalue weighted by Gasteiger charge is 2.18. The number of aromatic nitrogens is 1. The molecule has 2 aromatic rings. The third kappa shape index (κ3) is 4.76. The second-order valence-corrected chi connectivity index (χ2v) is 6.27. The Labute approximate surface area is 139 Å². The highest BCUT2D eigenvalue weighted by Crippen LogP contribution is 2.22. The molecule has 0 aliphatic carbocycles. The van der Waals surface area contributed by atoms with E-state index < -0.39 is 6.04 Å². The fourth-order valence-electron chi connectivity index (χ4n) is 1.77. The topological polar surface area (TPSA) is 68.0 Å². The Kier molecular flexibility index (Phi) is 6.93. The van der Waals surface area contributed by atoms with Crippen molar-refractivity contribution in [2.24, 2.45) is 11.7 Å². The van der Waals surface area contributed by atoms with E-state index in [-0.39, 0.29) is 30.0 Å². The van der Waals surface area contributed by atoms with Gasteiger partial charge in [0.25, 0.3) is 0 Å². The molecule has 0 bridgehead atoms. The molecule has 0 spiro atoms. The van der Waals surface area contributed by atoms with Crippen LogP contribution in [0.25, 0.3) is 0 Å². The van der Waals surface area contributed by atoms with E-state index in [0.29, 0.717) is 17.1 Å². The highest BCUT2D eigenvalue weighted by atomic mass is 35.5. The Morgan fingerprint density at radius 3 is 2.73 bits per heavy atom. The van der Waals surface area contributed by atoms with Gasteiger partial charge in [-0.25, -0.2) is 9.37 Å². The molecule has 0 fully saturated rings. The van der Waals surface area contributed by atoms with Gasteiger partial charge in [0, 0.05) is 17.5 Å². The number of nitrogens with two attached hydrogens (primary N) is 1. The monoisotopic (exact) mass is 343 g/mol. The van der Waals surface area contributed by atoms with Gasteiger partial charge in [0.2, 0.25) is 5.91 Å². The molecule has 1 heterocycles. The first-order valence-electron chi connectivity index (χ1n) is 6.72. The van der Waals surface area contributed by atoms with Crippen molar-refractivity contribution in [1.29, 1.82) is 0 Å². The Hall–Kier alpha value is -1.50. The summed E-state index contributed by atoms with van der Waals surface area (Å²) >= 11 is 1.33. The molecule has 3 N–H and O–H groups in total. The summed E-state index contributed by atoms with van der Waals surface area (Å²) in [6.45, 7) is 3.77. The highest BCUT2D eigenvalue weighted by molar-refractivity contribution is 7.15. The Balaban J connectivity index is 0.00000242. The summed E-state index contributed by atoms with van der Waals surface area (Å²) in [7, 11) is 0. The van der Waals surface area contributed by atoms with Crippen LogP contribution in [-0.4, -0.2) is 16.9 Å². The van der Waals surface area contributed by atoms with Gasteiger partial charge in [-0.1, -0.05) is 32.0 Å². The summed E-state index contributed by atoms with van der Waals surface area (Å²) < 4.78 is 13.6. The van der Waals surface area contributed by atoms with Crippen LogP contribution in [0.5, 0.6) is 0 Å². The van der Waals surface area contributed by atoms with Gasteiger partial charge in [0.15, 0.2) is 5.13 Å². The molecule has 7 heteroatoms. The average molecular weight is 344 g/mol. The van der Waals surface area contributed by atoms with Crippen LogP contribution in [0.2, 0.25) is 0 Å². The quantitative estimate of drug-likeness (QED) is 0.875. The van der Waals surface area contributed by atoms with E-state index in [1.807, 2.05) is 13.8 Å². The molecule has 1 aromatic heterocycles. The van der Waals surface area contributed by atoms with Crippen molar-refractivity contribution in [2.45, 2.75) is 26.3 Å². The number of anilines is 1. The third-order valence-electron chi connectivity index (χ3n) is 3.13. The second-order valence-electron chi connectivity index (χ2n) is 5.16. The largest absolute Gasteiger partial charge is 0.320 e. The molecule has 1 amide bonds. The average Bonchev–Trinajstić information content (AvgIpc) is 2.87. The Morgan fingerprint density at radius 2 is 2.09 bits per heavy atom. The molecular formula is C15H19ClFN3OS. The molecule has 0 aliphatic heterocycles. The molecule has 22 heavy (non-hydrogen) atoms. The number of benzene rings is 1. The van der Waals surface area contributed by atoms with Crippen molar-refractivity contribution in [1.82, 2.24) is 4.98 Å². The summed E-state index contributed by atoms with van der Waals surface area (Å²) in [6, 6.07) is 6.06. The van der Waals surface area contributed by atoms with Gasteiger partial charge in [-0.15, -0.1) is 23.7 Å². The maximum absolute atomic E-state index is 13.6. The maximum Gasteiger partial charge on any atom is 0.243 e. The minimum absolute atomic E-state index is 0. The molecule has 4 nitrogen and oxygen atoms in total. The zero-order valence-corrected chi connectivity index (χ0v) is 14.0. The van der Waals surface area contributed by atoms with Crippen molar-refractivity contribution in [2.75, 3.05) is 5.32 Å². The fourth-order valence-corrected chi connectivity index (χ4v) is 2.61. The summed E-state index contributed by atoms with van der Waals surface area (Å²) in [5.74, 6) is -0.432. The van der Waals surface area contributed by atoms with E-state index in [1.54, 1.807) is 24.4 Å². The lowest BCUT2D eigenvalue weighted by Gasteiger charge is -2.13. The molecule has 2 rings (SSSR count). The number of hydrogen-bond donors (Lipinski definition) is 2. The lowest BCUT2D eigenvalue weighted by Crippen LogP contribution is -2.39. The van der Waals surface area contributed by atoms with Crippen LogP contribution in [0.4, 0.5) is 9.52 Å². The van der Waals surface area contributed by atoms with Crippen LogP contribution in [-0.2, 0) is 11.2 Å². The predicted octanol–water partition coefficient (Wildman–Crippen LogP) is 3.22. The van der Waals surface area contributed by atoms with E-state index in [0.717, 1.165) is 4.88 Å². The number of nitrogens with zero attached hydrogens (tertiary/aromatic N) is 1. The van der Waals surface area contributed by atoms with Crippen molar-refractivity contribution in [3.63, 3.8) is 0 Å². The van der Waals surface area contributed by atoms with Gasteiger partial charge < -0.3 is 11.1 Å². The fraction of sp³-hybridized carbons (Fsp3) is 0.333. The molecule has 120 valence electrons. The molecule has 1 atom stereocenters. The van der Waals surface area contributed by atoms with Crippen molar-refractivity contribution in [3.05, 3.63) is 46.7 Å². The Bertz CT molecular complexity index is 633. The van der Waals surface area contributed by atoms with E-state index in [1.165, 1.54) is 17.4 Å². The van der Waals surface area contributed by atoms with Gasteiger partial charge in [-0.2, -0.15) is 0 Å². The number of amides is 1. The van der Waals surface area contributed by atoms with Crippen molar-refractivity contribution < 1.29 is 9.18 Å². The van der Waals surface area contributed by atoms with Crippen LogP contribution in [0.15, 0.2) is 30.5 Å². The molecule has 0 radical (unpaired) electrons. The lowest BCUT2D eigenvalue weighted by atomic mass is 10.1. The summed E-state index contributed by atoms with van der Waals surface area (Å²) in [4.78, 5) is 16.9. The standard InChI is InChI=1S/C15H18FN3OS.ClH/c1-9(2)13(17)14(20)19-15-18-8-11(21-15)7-10-5-3-4-6-12(10)16;/h3-6,8-9,13H,7,17H2,1-2H3,(H,18,19,20);1H/t13-;/m0./s1. The number of nitrogens with one attached hydrogen (secondary N) is 1. The summed E-state index contributed by atoms with van der Waals surface area (Å²) in [5, 5.41) is 3.18. The maximum atomic E-state index is 13.6. The molecule has 1 aromatic carbocycles. The molecule has 0 saturated heterocycles. The minimum atomic E-state index is -0.566. The first-order valence-corrected chi connectivity index (χ1v) is 7.53. The number of hydrogen-bond acceptors (Lipinski definition) is 4. The number of halogens is 2. The smallest absolute Gasteiger partial charge is 0.243 e. The zero-order chi connectivity index (χ0) is 15.4.